The van der Waals surface area contributed by atoms with Crippen molar-refractivity contribution in [2.24, 2.45) is 11.8 Å². The monoisotopic (exact) mass is 300 g/mol. The van der Waals surface area contributed by atoms with Gasteiger partial charge in [0.2, 0.25) is 0 Å². The first-order valence-electron chi connectivity index (χ1n) is 5.98. The highest BCUT2D eigenvalue weighted by Crippen LogP contribution is 2.33. The Bertz CT molecular complexity index is 534. The predicted octanol–water partition coefficient (Wildman–Crippen LogP) is 2.26. The number of hydrogen-bond acceptors (Lipinski definition) is 5. The largest absolute Gasteiger partial charge is 0.341 e. The molecule has 0 atom stereocenters. The lowest BCUT2D eigenvalue weighted by molar-refractivity contribution is -0.384. The number of benzene rings is 1. The highest BCUT2D eigenvalue weighted by Gasteiger charge is 2.22. The number of nitrogens with one attached hydrogen (secondary N) is 1. The fourth-order valence-electron chi connectivity index (χ4n) is 1.85. The molecular weight excluding hydrogens is 284 g/mol. The Labute approximate surface area is 121 Å². The molecule has 8 heteroatoms. The molecule has 0 spiro atoms. The summed E-state index contributed by atoms with van der Waals surface area (Å²) in [6, 6.07) is 2.53. The molecule has 0 heterocycles. The summed E-state index contributed by atoms with van der Waals surface area (Å²) in [5.41, 5.74) is 1.98. The van der Waals surface area contributed by atoms with Gasteiger partial charge >= 0.3 is 0 Å². The van der Waals surface area contributed by atoms with Gasteiger partial charge in [-0.05, 0) is 12.0 Å². The molecule has 0 saturated carbocycles. The first kappa shape index (κ1) is 16.2. The lowest BCUT2D eigenvalue weighted by atomic mass is 10.1. The van der Waals surface area contributed by atoms with Crippen molar-refractivity contribution >= 4 is 28.9 Å². The number of nitrogens with zero attached hydrogens (tertiary/aromatic N) is 2. The minimum absolute atomic E-state index is 0.0141. The number of halogens is 1. The second kappa shape index (κ2) is 6.53. The molecule has 0 unspecified atom stereocenters. The molecule has 1 rings (SSSR count). The van der Waals surface area contributed by atoms with Gasteiger partial charge in [-0.2, -0.15) is 0 Å². The van der Waals surface area contributed by atoms with Crippen LogP contribution >= 0.6 is 11.6 Å². The molecule has 0 aliphatic rings. The van der Waals surface area contributed by atoms with Crippen LogP contribution in [-0.2, 0) is 0 Å². The van der Waals surface area contributed by atoms with Crippen LogP contribution in [0.3, 0.4) is 0 Å². The van der Waals surface area contributed by atoms with Gasteiger partial charge in [0.05, 0.1) is 9.95 Å². The maximum atomic E-state index is 12.2. The van der Waals surface area contributed by atoms with E-state index in [0.717, 1.165) is 0 Å². The Morgan fingerprint density at radius 1 is 1.55 bits per heavy atom. The molecule has 0 aliphatic carbocycles. The lowest BCUT2D eigenvalue weighted by Crippen LogP contribution is -2.30. The van der Waals surface area contributed by atoms with Crippen LogP contribution in [-0.4, -0.2) is 29.3 Å². The highest BCUT2D eigenvalue weighted by molar-refractivity contribution is 6.34. The van der Waals surface area contributed by atoms with Gasteiger partial charge in [0, 0.05) is 25.2 Å². The molecule has 0 bridgehead atoms. The van der Waals surface area contributed by atoms with E-state index in [1.807, 2.05) is 13.8 Å². The summed E-state index contributed by atoms with van der Waals surface area (Å²) in [5, 5.41) is 11.0. The molecule has 3 N–H and O–H groups in total. The third kappa shape index (κ3) is 3.58. The van der Waals surface area contributed by atoms with Crippen LogP contribution in [0.25, 0.3) is 0 Å². The Balaban J connectivity index is 3.20. The van der Waals surface area contributed by atoms with Gasteiger partial charge in [-0.15, -0.1) is 0 Å². The van der Waals surface area contributed by atoms with Crippen LogP contribution < -0.4 is 11.3 Å². The molecule has 1 aromatic rings. The van der Waals surface area contributed by atoms with Crippen LogP contribution in [0.15, 0.2) is 12.1 Å². The molecule has 0 radical (unpaired) electrons. The van der Waals surface area contributed by atoms with E-state index in [0.29, 0.717) is 12.5 Å². The minimum atomic E-state index is -0.639. The molecule has 0 saturated heterocycles. The number of hydrogen-bond donors (Lipinski definition) is 2. The molecule has 1 amide bonds. The maximum Gasteiger partial charge on any atom is 0.295 e. The zero-order valence-corrected chi connectivity index (χ0v) is 12.3. The topological polar surface area (TPSA) is 102 Å². The zero-order chi connectivity index (χ0) is 15.4. The molecule has 110 valence electrons. The Morgan fingerprint density at radius 2 is 2.15 bits per heavy atom. The number of nitro benzene ring substituents is 1. The summed E-state index contributed by atoms with van der Waals surface area (Å²) in [6.07, 6.45) is 0. The van der Waals surface area contributed by atoms with Gasteiger partial charge < -0.3 is 10.3 Å². The first-order chi connectivity index (χ1) is 9.27. The third-order valence-electron chi connectivity index (χ3n) is 2.64. The summed E-state index contributed by atoms with van der Waals surface area (Å²) >= 11 is 5.92. The van der Waals surface area contributed by atoms with Crippen LogP contribution in [0.2, 0.25) is 5.02 Å². The first-order valence-corrected chi connectivity index (χ1v) is 6.35. The van der Waals surface area contributed by atoms with Crippen molar-refractivity contribution in [3.05, 3.63) is 32.8 Å². The van der Waals surface area contributed by atoms with Crippen LogP contribution in [0, 0.1) is 16.0 Å². The van der Waals surface area contributed by atoms with Crippen molar-refractivity contribution in [1.29, 1.82) is 0 Å². The summed E-state index contributed by atoms with van der Waals surface area (Å²) in [5.74, 6) is 5.17. The van der Waals surface area contributed by atoms with Gasteiger partial charge in [-0.3, -0.25) is 20.8 Å². The molecule has 0 fully saturated rings. The second-order valence-corrected chi connectivity index (χ2v) is 5.24. The highest BCUT2D eigenvalue weighted by atomic mass is 35.5. The van der Waals surface area contributed by atoms with Crippen LogP contribution in [0.1, 0.15) is 24.2 Å². The number of rotatable bonds is 5. The summed E-state index contributed by atoms with van der Waals surface area (Å²) in [7, 11) is 1.64. The number of anilines is 1. The van der Waals surface area contributed by atoms with Gasteiger partial charge in [-0.25, -0.2) is 0 Å². The van der Waals surface area contributed by atoms with Crippen molar-refractivity contribution in [3.8, 4) is 0 Å². The van der Waals surface area contributed by atoms with E-state index in [1.165, 1.54) is 17.0 Å². The quantitative estimate of drug-likeness (QED) is 0.493. The van der Waals surface area contributed by atoms with Gasteiger partial charge in [0.25, 0.3) is 11.6 Å². The number of nitrogen functional groups attached to an aromatic ring is 1. The second-order valence-electron chi connectivity index (χ2n) is 4.83. The lowest BCUT2D eigenvalue weighted by Gasteiger charge is -2.19. The Kier molecular flexibility index (Phi) is 5.29. The fraction of sp³-hybridized carbons (Fsp3) is 0.417. The number of carbonyl (C=O) groups is 1. The van der Waals surface area contributed by atoms with E-state index in [1.54, 1.807) is 7.05 Å². The van der Waals surface area contributed by atoms with Crippen LogP contribution in [0.5, 0.6) is 0 Å². The maximum absolute atomic E-state index is 12.2. The average Bonchev–Trinajstić information content (AvgIpc) is 2.35. The van der Waals surface area contributed by atoms with Crippen molar-refractivity contribution < 1.29 is 9.72 Å². The van der Waals surface area contributed by atoms with Gasteiger partial charge in [-0.1, -0.05) is 25.4 Å². The normalized spacial score (nSPS) is 10.5. The van der Waals surface area contributed by atoms with E-state index in [4.69, 9.17) is 17.4 Å². The number of nitrogens with two attached hydrogens (primary N) is 1. The van der Waals surface area contributed by atoms with Crippen molar-refractivity contribution in [3.63, 3.8) is 0 Å². The van der Waals surface area contributed by atoms with E-state index in [9.17, 15) is 14.9 Å². The Morgan fingerprint density at radius 3 is 2.60 bits per heavy atom. The zero-order valence-electron chi connectivity index (χ0n) is 11.5. The SMILES string of the molecule is CC(C)CN(C)C(=O)c1cc(Cl)c(NN)c([N+](=O)[O-])c1. The minimum Gasteiger partial charge on any atom is -0.341 e. The number of nitro groups is 1. The molecule has 20 heavy (non-hydrogen) atoms. The van der Waals surface area contributed by atoms with Crippen molar-refractivity contribution in [2.45, 2.75) is 13.8 Å². The predicted molar refractivity (Wildman–Crippen MR) is 77.7 cm³/mol. The summed E-state index contributed by atoms with van der Waals surface area (Å²) in [4.78, 5) is 24.0. The standard InChI is InChI=1S/C12H17ClN4O3/c1-7(2)6-16(3)12(18)8-4-9(13)11(15-14)10(5-8)17(19)20/h4-5,7,15H,6,14H2,1-3H3. The Hall–Kier alpha value is -1.86. The van der Waals surface area contributed by atoms with Crippen LogP contribution in [0.4, 0.5) is 11.4 Å². The summed E-state index contributed by atoms with van der Waals surface area (Å²) < 4.78 is 0. The molecule has 1 aromatic carbocycles. The number of amides is 1. The van der Waals surface area contributed by atoms with E-state index in [-0.39, 0.29) is 27.9 Å². The molecule has 7 nitrogen and oxygen atoms in total. The number of carbonyl (C=O) groups excluding carboxylic acids is 1. The number of hydrazine groups is 1. The molecule has 0 aromatic heterocycles. The smallest absolute Gasteiger partial charge is 0.295 e. The fourth-order valence-corrected chi connectivity index (χ4v) is 2.12. The van der Waals surface area contributed by atoms with E-state index >= 15 is 0 Å². The van der Waals surface area contributed by atoms with Gasteiger partial charge in [0.1, 0.15) is 5.69 Å². The van der Waals surface area contributed by atoms with E-state index < -0.39 is 4.92 Å². The molecule has 0 aliphatic heterocycles. The average molecular weight is 301 g/mol. The molecular formula is C12H17ClN4O3. The van der Waals surface area contributed by atoms with Crippen molar-refractivity contribution in [2.75, 3.05) is 19.0 Å². The summed E-state index contributed by atoms with van der Waals surface area (Å²) in [6.45, 7) is 4.49. The van der Waals surface area contributed by atoms with E-state index in [2.05, 4.69) is 5.43 Å². The van der Waals surface area contributed by atoms with Crippen molar-refractivity contribution in [1.82, 2.24) is 4.90 Å². The van der Waals surface area contributed by atoms with Gasteiger partial charge in [0.15, 0.2) is 0 Å². The third-order valence-corrected chi connectivity index (χ3v) is 2.94.